The van der Waals surface area contributed by atoms with Crippen LogP contribution in [-0.4, -0.2) is 41.1 Å². The van der Waals surface area contributed by atoms with E-state index in [1.54, 1.807) is 0 Å². The molecule has 2 N–H and O–H groups in total. The zero-order chi connectivity index (χ0) is 17.6. The fourth-order valence-corrected chi connectivity index (χ4v) is 3.81. The molecule has 6 nitrogen and oxygen atoms in total. The van der Waals surface area contributed by atoms with Crippen molar-refractivity contribution in [2.45, 2.75) is 23.3 Å². The Bertz CT molecular complexity index is 738. The molecule has 1 unspecified atom stereocenters. The number of carbonyl (C=O) groups is 1. The van der Waals surface area contributed by atoms with E-state index in [1.807, 2.05) is 0 Å². The highest BCUT2D eigenvalue weighted by molar-refractivity contribution is 8.01. The number of nitrogens with zero attached hydrogens (tertiary/aromatic N) is 2. The van der Waals surface area contributed by atoms with Crippen LogP contribution in [0.4, 0.5) is 19.6 Å². The number of anilines is 2. The topological polar surface area (TPSA) is 76.1 Å². The minimum Gasteiger partial charge on any atom is -0.376 e. The van der Waals surface area contributed by atoms with Crippen molar-refractivity contribution in [3.8, 4) is 0 Å². The Kier molecular flexibility index (Phi) is 6.16. The van der Waals surface area contributed by atoms with Crippen LogP contribution in [0.15, 0.2) is 22.5 Å². The Morgan fingerprint density at radius 2 is 2.28 bits per heavy atom. The van der Waals surface area contributed by atoms with Crippen molar-refractivity contribution in [1.29, 1.82) is 0 Å². The number of benzene rings is 1. The molecular formula is C15H16F2N4O2S2. The van der Waals surface area contributed by atoms with E-state index in [1.165, 1.54) is 23.1 Å². The Labute approximate surface area is 151 Å². The molecule has 1 atom stereocenters. The van der Waals surface area contributed by atoms with Crippen molar-refractivity contribution in [2.75, 3.05) is 29.5 Å². The van der Waals surface area contributed by atoms with Crippen LogP contribution in [0.25, 0.3) is 0 Å². The lowest BCUT2D eigenvalue weighted by Crippen LogP contribution is -2.18. The molecule has 1 fully saturated rings. The number of hydrogen-bond acceptors (Lipinski definition) is 7. The monoisotopic (exact) mass is 386 g/mol. The van der Waals surface area contributed by atoms with Gasteiger partial charge in [0.1, 0.15) is 11.6 Å². The predicted octanol–water partition coefficient (Wildman–Crippen LogP) is 3.14. The number of rotatable bonds is 7. The van der Waals surface area contributed by atoms with Crippen LogP contribution < -0.4 is 10.6 Å². The lowest BCUT2D eigenvalue weighted by molar-refractivity contribution is -0.113. The molecular weight excluding hydrogens is 370 g/mol. The summed E-state index contributed by atoms with van der Waals surface area (Å²) in [5.74, 6) is -1.72. The second-order valence-electron chi connectivity index (χ2n) is 5.35. The van der Waals surface area contributed by atoms with Gasteiger partial charge in [-0.15, -0.1) is 10.2 Å². The highest BCUT2D eigenvalue weighted by Gasteiger charge is 2.16. The number of amides is 1. The minimum absolute atomic E-state index is 0.0241. The molecule has 0 spiro atoms. The zero-order valence-corrected chi connectivity index (χ0v) is 14.8. The summed E-state index contributed by atoms with van der Waals surface area (Å²) in [5, 5.41) is 14.2. The quantitative estimate of drug-likeness (QED) is 0.712. The van der Waals surface area contributed by atoms with Gasteiger partial charge in [-0.3, -0.25) is 4.79 Å². The average molecular weight is 386 g/mol. The first-order valence-corrected chi connectivity index (χ1v) is 9.47. The van der Waals surface area contributed by atoms with Crippen molar-refractivity contribution in [3.05, 3.63) is 29.8 Å². The number of thioether (sulfide) groups is 1. The molecule has 1 aromatic heterocycles. The van der Waals surface area contributed by atoms with E-state index in [9.17, 15) is 13.6 Å². The SMILES string of the molecule is O=C(CSc1nnc(NCC2CCCO2)s1)Nc1cc(F)ccc1F. The third kappa shape index (κ3) is 5.35. The van der Waals surface area contributed by atoms with E-state index in [4.69, 9.17) is 4.74 Å². The lowest BCUT2D eigenvalue weighted by atomic mass is 10.2. The normalized spacial score (nSPS) is 16.8. The second kappa shape index (κ2) is 8.54. The summed E-state index contributed by atoms with van der Waals surface area (Å²) in [6, 6.07) is 2.90. The van der Waals surface area contributed by atoms with E-state index in [-0.39, 0.29) is 17.5 Å². The molecule has 2 heterocycles. The number of aromatic nitrogens is 2. The van der Waals surface area contributed by atoms with Gasteiger partial charge < -0.3 is 15.4 Å². The Balaban J connectivity index is 1.45. The fraction of sp³-hybridized carbons (Fsp3) is 0.400. The molecule has 1 aromatic carbocycles. The van der Waals surface area contributed by atoms with E-state index < -0.39 is 17.5 Å². The minimum atomic E-state index is -0.684. The highest BCUT2D eigenvalue weighted by atomic mass is 32.2. The Morgan fingerprint density at radius 3 is 3.08 bits per heavy atom. The van der Waals surface area contributed by atoms with Crippen LogP contribution in [0.1, 0.15) is 12.8 Å². The third-order valence-corrected chi connectivity index (χ3v) is 5.45. The number of ether oxygens (including phenoxy) is 1. The van der Waals surface area contributed by atoms with Gasteiger partial charge in [-0.2, -0.15) is 0 Å². The van der Waals surface area contributed by atoms with Gasteiger partial charge in [0.25, 0.3) is 0 Å². The molecule has 1 aliphatic heterocycles. The van der Waals surface area contributed by atoms with Crippen molar-refractivity contribution in [1.82, 2.24) is 10.2 Å². The summed E-state index contributed by atoms with van der Waals surface area (Å²) in [4.78, 5) is 11.9. The molecule has 0 aliphatic carbocycles. The third-order valence-electron chi connectivity index (χ3n) is 3.44. The van der Waals surface area contributed by atoms with Crippen LogP contribution in [0, 0.1) is 11.6 Å². The first-order valence-electron chi connectivity index (χ1n) is 7.67. The molecule has 25 heavy (non-hydrogen) atoms. The van der Waals surface area contributed by atoms with Crippen LogP contribution in [0.3, 0.4) is 0 Å². The molecule has 0 radical (unpaired) electrons. The molecule has 1 aliphatic rings. The Morgan fingerprint density at radius 1 is 1.40 bits per heavy atom. The molecule has 0 bridgehead atoms. The van der Waals surface area contributed by atoms with Crippen molar-refractivity contribution in [2.24, 2.45) is 0 Å². The maximum atomic E-state index is 13.5. The maximum absolute atomic E-state index is 13.5. The van der Waals surface area contributed by atoms with Crippen LogP contribution in [0.2, 0.25) is 0 Å². The van der Waals surface area contributed by atoms with Gasteiger partial charge >= 0.3 is 0 Å². The second-order valence-corrected chi connectivity index (χ2v) is 7.55. The smallest absolute Gasteiger partial charge is 0.234 e. The largest absolute Gasteiger partial charge is 0.376 e. The molecule has 134 valence electrons. The van der Waals surface area contributed by atoms with Crippen LogP contribution in [-0.2, 0) is 9.53 Å². The molecule has 1 amide bonds. The van der Waals surface area contributed by atoms with Gasteiger partial charge in [0, 0.05) is 19.2 Å². The number of carbonyl (C=O) groups excluding carboxylic acids is 1. The summed E-state index contributed by atoms with van der Waals surface area (Å²) >= 11 is 2.51. The molecule has 1 saturated heterocycles. The maximum Gasteiger partial charge on any atom is 0.234 e. The summed E-state index contributed by atoms with van der Waals surface area (Å²) in [5.41, 5.74) is -0.179. The van der Waals surface area contributed by atoms with Gasteiger partial charge in [-0.25, -0.2) is 8.78 Å². The van der Waals surface area contributed by atoms with Gasteiger partial charge in [-0.05, 0) is 25.0 Å². The van der Waals surface area contributed by atoms with Crippen molar-refractivity contribution in [3.63, 3.8) is 0 Å². The van der Waals surface area contributed by atoms with E-state index >= 15 is 0 Å². The van der Waals surface area contributed by atoms with Gasteiger partial charge in [0.05, 0.1) is 17.5 Å². The summed E-state index contributed by atoms with van der Waals surface area (Å²) in [7, 11) is 0. The average Bonchev–Trinajstić information content (AvgIpc) is 3.26. The van der Waals surface area contributed by atoms with Gasteiger partial charge in [-0.1, -0.05) is 23.1 Å². The molecule has 3 rings (SSSR count). The van der Waals surface area contributed by atoms with E-state index in [0.717, 1.165) is 37.6 Å². The first-order chi connectivity index (χ1) is 12.1. The van der Waals surface area contributed by atoms with Crippen LogP contribution in [0.5, 0.6) is 0 Å². The summed E-state index contributed by atoms with van der Waals surface area (Å²) in [6.07, 6.45) is 2.31. The highest BCUT2D eigenvalue weighted by Crippen LogP contribution is 2.26. The van der Waals surface area contributed by atoms with Crippen molar-refractivity contribution >= 4 is 39.8 Å². The zero-order valence-electron chi connectivity index (χ0n) is 13.1. The summed E-state index contributed by atoms with van der Waals surface area (Å²) in [6.45, 7) is 1.48. The van der Waals surface area contributed by atoms with Crippen LogP contribution >= 0.6 is 23.1 Å². The van der Waals surface area contributed by atoms with E-state index in [2.05, 4.69) is 20.8 Å². The van der Waals surface area contributed by atoms with Gasteiger partial charge in [0.2, 0.25) is 11.0 Å². The predicted molar refractivity (Wildman–Crippen MR) is 93.1 cm³/mol. The molecule has 0 saturated carbocycles. The lowest BCUT2D eigenvalue weighted by Gasteiger charge is -2.08. The Hall–Kier alpha value is -1.78. The molecule has 2 aromatic rings. The number of hydrogen-bond donors (Lipinski definition) is 2. The molecule has 10 heteroatoms. The first kappa shape index (κ1) is 18.0. The number of halogens is 2. The standard InChI is InChI=1S/C15H16F2N4O2S2/c16-9-3-4-11(17)12(6-9)19-13(22)8-24-15-21-20-14(25-15)18-7-10-2-1-5-23-10/h3-4,6,10H,1-2,5,7-8H2,(H,18,20)(H,19,22). The summed E-state index contributed by atoms with van der Waals surface area (Å²) < 4.78 is 32.7. The number of nitrogens with one attached hydrogen (secondary N) is 2. The van der Waals surface area contributed by atoms with Gasteiger partial charge in [0.15, 0.2) is 4.34 Å². The fourth-order valence-electron chi connectivity index (χ4n) is 2.25. The van der Waals surface area contributed by atoms with Crippen molar-refractivity contribution < 1.29 is 18.3 Å². The van der Waals surface area contributed by atoms with E-state index in [0.29, 0.717) is 16.0 Å².